The van der Waals surface area contributed by atoms with Gasteiger partial charge in [0.15, 0.2) is 0 Å². The second-order valence-corrected chi connectivity index (χ2v) is 6.95. The Morgan fingerprint density at radius 3 is 2.44 bits per heavy atom. The average Bonchev–Trinajstić information content (AvgIpc) is 3.02. The number of fused-ring (bicyclic) bond motifs is 1. The summed E-state index contributed by atoms with van der Waals surface area (Å²) >= 11 is 1.46. The van der Waals surface area contributed by atoms with Gasteiger partial charge in [0.1, 0.15) is 16.4 Å². The molecule has 2 aromatic carbocycles. The Balaban J connectivity index is 1.89. The van der Waals surface area contributed by atoms with E-state index in [2.05, 4.69) is 35.9 Å². The highest BCUT2D eigenvalue weighted by Gasteiger charge is 2.14. The summed E-state index contributed by atoms with van der Waals surface area (Å²) in [5.41, 5.74) is 4.97. The molecule has 0 saturated heterocycles. The second-order valence-electron chi connectivity index (χ2n) is 6.09. The average molecular weight is 348 g/mol. The molecule has 0 saturated carbocycles. The van der Waals surface area contributed by atoms with E-state index >= 15 is 0 Å². The van der Waals surface area contributed by atoms with Crippen LogP contribution >= 0.6 is 11.3 Å². The van der Waals surface area contributed by atoms with Crippen molar-refractivity contribution in [2.24, 2.45) is 0 Å². The molecule has 2 heterocycles. The molecule has 25 heavy (non-hydrogen) atoms. The van der Waals surface area contributed by atoms with Crippen molar-refractivity contribution in [2.75, 3.05) is 0 Å². The van der Waals surface area contributed by atoms with Crippen molar-refractivity contribution in [1.82, 2.24) is 9.97 Å². The predicted molar refractivity (Wildman–Crippen MR) is 102 cm³/mol. The third-order valence-electron chi connectivity index (χ3n) is 4.40. The van der Waals surface area contributed by atoms with E-state index in [0.29, 0.717) is 16.0 Å². The Bertz CT molecular complexity index is 1140. The van der Waals surface area contributed by atoms with Crippen molar-refractivity contribution in [1.29, 1.82) is 0 Å². The number of aromatic hydroxyl groups is 1. The van der Waals surface area contributed by atoms with Gasteiger partial charge < -0.3 is 10.1 Å². The number of nitrogens with zero attached hydrogens (tertiary/aromatic N) is 1. The molecule has 4 rings (SSSR count). The SMILES string of the molecule is Cc1ccc(-c2csc3nc(-c4ccc(O)cc4)[nH]c(=O)c23)cc1C. The Morgan fingerprint density at radius 1 is 1.00 bits per heavy atom. The topological polar surface area (TPSA) is 66.0 Å². The van der Waals surface area contributed by atoms with Gasteiger partial charge in [-0.3, -0.25) is 4.79 Å². The minimum atomic E-state index is -0.150. The lowest BCUT2D eigenvalue weighted by atomic mass is 10.0. The quantitative estimate of drug-likeness (QED) is 0.554. The lowest BCUT2D eigenvalue weighted by Gasteiger charge is -2.05. The van der Waals surface area contributed by atoms with Crippen LogP contribution in [0.15, 0.2) is 52.6 Å². The van der Waals surface area contributed by atoms with E-state index in [1.165, 1.54) is 22.5 Å². The van der Waals surface area contributed by atoms with Crippen LogP contribution in [0.4, 0.5) is 0 Å². The molecule has 124 valence electrons. The molecule has 2 N–H and O–H groups in total. The molecule has 4 aromatic rings. The van der Waals surface area contributed by atoms with E-state index in [1.54, 1.807) is 24.3 Å². The number of rotatable bonds is 2. The monoisotopic (exact) mass is 348 g/mol. The first-order valence-corrected chi connectivity index (χ1v) is 8.79. The van der Waals surface area contributed by atoms with Gasteiger partial charge in [0.25, 0.3) is 5.56 Å². The molecular weight excluding hydrogens is 332 g/mol. The number of benzene rings is 2. The van der Waals surface area contributed by atoms with Gasteiger partial charge >= 0.3 is 0 Å². The number of H-pyrrole nitrogens is 1. The van der Waals surface area contributed by atoms with Gasteiger partial charge in [0.2, 0.25) is 0 Å². The van der Waals surface area contributed by atoms with Crippen LogP contribution < -0.4 is 5.56 Å². The lowest BCUT2D eigenvalue weighted by Crippen LogP contribution is -2.09. The fourth-order valence-corrected chi connectivity index (χ4v) is 3.77. The third kappa shape index (κ3) is 2.72. The summed E-state index contributed by atoms with van der Waals surface area (Å²) in [4.78, 5) is 20.9. The largest absolute Gasteiger partial charge is 0.508 e. The zero-order chi connectivity index (χ0) is 17.6. The Kier molecular flexibility index (Phi) is 3.66. The summed E-state index contributed by atoms with van der Waals surface area (Å²) < 4.78 is 0. The summed E-state index contributed by atoms with van der Waals surface area (Å²) in [7, 11) is 0. The number of thiophene rings is 1. The highest BCUT2D eigenvalue weighted by molar-refractivity contribution is 7.17. The minimum Gasteiger partial charge on any atom is -0.508 e. The van der Waals surface area contributed by atoms with Crippen LogP contribution in [0.1, 0.15) is 11.1 Å². The second kappa shape index (κ2) is 5.86. The van der Waals surface area contributed by atoms with Crippen molar-refractivity contribution in [3.63, 3.8) is 0 Å². The maximum absolute atomic E-state index is 12.7. The van der Waals surface area contributed by atoms with Crippen LogP contribution in [0, 0.1) is 13.8 Å². The van der Waals surface area contributed by atoms with Gasteiger partial charge in [-0.25, -0.2) is 4.98 Å². The fraction of sp³-hybridized carbons (Fsp3) is 0.100. The van der Waals surface area contributed by atoms with E-state index < -0.39 is 0 Å². The summed E-state index contributed by atoms with van der Waals surface area (Å²) in [5, 5.41) is 12.0. The molecule has 2 aromatic heterocycles. The summed E-state index contributed by atoms with van der Waals surface area (Å²) in [6.45, 7) is 4.14. The van der Waals surface area contributed by atoms with E-state index in [1.807, 2.05) is 11.4 Å². The number of phenols is 1. The number of phenolic OH excluding ortho intramolecular Hbond substituents is 1. The van der Waals surface area contributed by atoms with Crippen LogP contribution in [-0.4, -0.2) is 15.1 Å². The first-order chi connectivity index (χ1) is 12.0. The van der Waals surface area contributed by atoms with Crippen molar-refractivity contribution in [3.05, 3.63) is 69.3 Å². The number of aromatic amines is 1. The Morgan fingerprint density at radius 2 is 1.72 bits per heavy atom. The Labute approximate surface area is 148 Å². The standard InChI is InChI=1S/C20H16N2O2S/c1-11-3-4-14(9-12(11)2)16-10-25-20-17(16)19(24)21-18(22-20)13-5-7-15(23)8-6-13/h3-10,23H,1-2H3,(H,21,22,24). The van der Waals surface area contributed by atoms with Crippen LogP contribution in [-0.2, 0) is 0 Å². The van der Waals surface area contributed by atoms with Crippen molar-refractivity contribution < 1.29 is 5.11 Å². The third-order valence-corrected chi connectivity index (χ3v) is 5.27. The first kappa shape index (κ1) is 15.6. The fourth-order valence-electron chi connectivity index (χ4n) is 2.83. The van der Waals surface area contributed by atoms with Gasteiger partial charge in [0, 0.05) is 16.5 Å². The smallest absolute Gasteiger partial charge is 0.260 e. The van der Waals surface area contributed by atoms with Crippen LogP contribution in [0.3, 0.4) is 0 Å². The maximum Gasteiger partial charge on any atom is 0.260 e. The van der Waals surface area contributed by atoms with Gasteiger partial charge in [0.05, 0.1) is 5.39 Å². The van der Waals surface area contributed by atoms with Crippen LogP contribution in [0.5, 0.6) is 5.75 Å². The number of aromatic nitrogens is 2. The molecule has 0 aliphatic heterocycles. The normalized spacial score (nSPS) is 11.1. The molecule has 0 unspecified atom stereocenters. The van der Waals surface area contributed by atoms with E-state index in [0.717, 1.165) is 16.7 Å². The number of nitrogens with one attached hydrogen (secondary N) is 1. The van der Waals surface area contributed by atoms with E-state index in [4.69, 9.17) is 0 Å². The molecule has 0 bridgehead atoms. The molecule has 4 nitrogen and oxygen atoms in total. The molecule has 0 radical (unpaired) electrons. The molecule has 0 atom stereocenters. The summed E-state index contributed by atoms with van der Waals surface area (Å²) in [6.07, 6.45) is 0. The van der Waals surface area contributed by atoms with Crippen molar-refractivity contribution >= 4 is 21.6 Å². The molecule has 0 aliphatic rings. The van der Waals surface area contributed by atoms with Crippen molar-refractivity contribution in [3.8, 4) is 28.3 Å². The Hall–Kier alpha value is -2.92. The van der Waals surface area contributed by atoms with E-state index in [-0.39, 0.29) is 11.3 Å². The van der Waals surface area contributed by atoms with Gasteiger partial charge in [-0.05, 0) is 54.8 Å². The molecule has 0 fully saturated rings. The highest BCUT2D eigenvalue weighted by Crippen LogP contribution is 2.32. The van der Waals surface area contributed by atoms with Gasteiger partial charge in [-0.2, -0.15) is 0 Å². The van der Waals surface area contributed by atoms with Gasteiger partial charge in [-0.1, -0.05) is 18.2 Å². The molecule has 5 heteroatoms. The number of aryl methyl sites for hydroxylation is 2. The molecule has 0 amide bonds. The maximum atomic E-state index is 12.7. The lowest BCUT2D eigenvalue weighted by molar-refractivity contribution is 0.475. The number of hydrogen-bond acceptors (Lipinski definition) is 4. The van der Waals surface area contributed by atoms with Gasteiger partial charge in [-0.15, -0.1) is 11.3 Å². The number of hydrogen-bond donors (Lipinski definition) is 2. The van der Waals surface area contributed by atoms with Crippen molar-refractivity contribution in [2.45, 2.75) is 13.8 Å². The predicted octanol–water partition coefficient (Wildman–Crippen LogP) is 4.64. The molecular formula is C20H16N2O2S. The van der Waals surface area contributed by atoms with E-state index in [9.17, 15) is 9.90 Å². The zero-order valence-electron chi connectivity index (χ0n) is 13.8. The highest BCUT2D eigenvalue weighted by atomic mass is 32.1. The summed E-state index contributed by atoms with van der Waals surface area (Å²) in [5.74, 6) is 0.686. The first-order valence-electron chi connectivity index (χ1n) is 7.91. The van der Waals surface area contributed by atoms with Crippen LogP contribution in [0.25, 0.3) is 32.7 Å². The zero-order valence-corrected chi connectivity index (χ0v) is 14.6. The molecule has 0 spiro atoms. The van der Waals surface area contributed by atoms with Crippen LogP contribution in [0.2, 0.25) is 0 Å². The minimum absolute atomic E-state index is 0.150. The molecule has 0 aliphatic carbocycles. The summed E-state index contributed by atoms with van der Waals surface area (Å²) in [6, 6.07) is 12.8.